The largest absolute Gasteiger partial charge is 0.472 e. The van der Waals surface area contributed by atoms with Crippen LogP contribution in [0.5, 0.6) is 0 Å². The fraction of sp³-hybridized carbons (Fsp3) is 0.714. The van der Waals surface area contributed by atoms with Gasteiger partial charge in [0.05, 0.1) is 19.8 Å². The second-order valence-electron chi connectivity index (χ2n) is 13.4. The number of phosphoric ester groups is 1. The molecule has 0 spiro atoms. The van der Waals surface area contributed by atoms with Gasteiger partial charge in [0.15, 0.2) is 6.10 Å². The summed E-state index contributed by atoms with van der Waals surface area (Å²) in [6.45, 7) is 2.16. The summed E-state index contributed by atoms with van der Waals surface area (Å²) in [7, 11) is -4.65. The van der Waals surface area contributed by atoms with Crippen molar-refractivity contribution in [3.05, 3.63) is 60.8 Å². The number of aliphatic hydroxyl groups excluding tert-OH is 2. The molecule has 0 aromatic heterocycles. The van der Waals surface area contributed by atoms with Crippen molar-refractivity contribution < 1.29 is 47.8 Å². The molecule has 0 aliphatic rings. The predicted octanol–water partition coefficient (Wildman–Crippen LogP) is 10.3. The van der Waals surface area contributed by atoms with Crippen LogP contribution < -0.4 is 0 Å². The number of unbranched alkanes of at least 4 members (excludes halogenated alkanes) is 16. The van der Waals surface area contributed by atoms with Crippen LogP contribution in [0.15, 0.2) is 60.8 Å². The van der Waals surface area contributed by atoms with Crippen molar-refractivity contribution in [1.82, 2.24) is 0 Å². The van der Waals surface area contributed by atoms with Gasteiger partial charge in [-0.1, -0.05) is 146 Å². The smallest absolute Gasteiger partial charge is 0.458 e. The minimum atomic E-state index is -4.65. The number of rotatable bonds is 37. The van der Waals surface area contributed by atoms with Crippen LogP contribution in [-0.4, -0.2) is 65.7 Å². The molecule has 0 aromatic rings. The lowest BCUT2D eigenvalue weighted by atomic mass is 10.1. The molecule has 0 heterocycles. The first-order valence-corrected chi connectivity index (χ1v) is 21.8. The van der Waals surface area contributed by atoms with Gasteiger partial charge in [0.1, 0.15) is 12.7 Å². The second-order valence-corrected chi connectivity index (χ2v) is 14.8. The van der Waals surface area contributed by atoms with Gasteiger partial charge in [-0.2, -0.15) is 0 Å². The van der Waals surface area contributed by atoms with Gasteiger partial charge < -0.3 is 24.6 Å². The van der Waals surface area contributed by atoms with Crippen LogP contribution in [0.4, 0.5) is 0 Å². The Morgan fingerprint density at radius 1 is 0.623 bits per heavy atom. The summed E-state index contributed by atoms with van der Waals surface area (Å²) in [5.74, 6) is -1.23. The lowest BCUT2D eigenvalue weighted by molar-refractivity contribution is -0.159. The van der Waals surface area contributed by atoms with Gasteiger partial charge in [-0.3, -0.25) is 13.8 Å². The lowest BCUT2D eigenvalue weighted by Crippen LogP contribution is -2.29. The molecule has 0 radical (unpaired) electrons. The van der Waals surface area contributed by atoms with Crippen LogP contribution in [0.3, 0.4) is 0 Å². The van der Waals surface area contributed by atoms with E-state index in [1.165, 1.54) is 89.5 Å². The Labute approximate surface area is 321 Å². The summed E-state index contributed by atoms with van der Waals surface area (Å²) in [6, 6.07) is 0. The average molecular weight is 769 g/mol. The zero-order valence-corrected chi connectivity index (χ0v) is 33.9. The third kappa shape index (κ3) is 37.8. The number of phosphoric acid groups is 1. The van der Waals surface area contributed by atoms with E-state index in [0.29, 0.717) is 6.42 Å². The van der Waals surface area contributed by atoms with Crippen molar-refractivity contribution in [2.75, 3.05) is 26.4 Å². The highest BCUT2D eigenvalue weighted by atomic mass is 31.2. The van der Waals surface area contributed by atoms with Crippen molar-refractivity contribution in [1.29, 1.82) is 0 Å². The number of esters is 2. The summed E-state index contributed by atoms with van der Waals surface area (Å²) < 4.78 is 32.4. The summed E-state index contributed by atoms with van der Waals surface area (Å²) in [5.41, 5.74) is 0. The maximum atomic E-state index is 12.5. The van der Waals surface area contributed by atoms with E-state index >= 15 is 0 Å². The molecule has 0 amide bonds. The van der Waals surface area contributed by atoms with Crippen LogP contribution in [0.25, 0.3) is 0 Å². The summed E-state index contributed by atoms with van der Waals surface area (Å²) in [4.78, 5) is 34.7. The van der Waals surface area contributed by atoms with Gasteiger partial charge in [0, 0.05) is 12.5 Å². The molecule has 0 fully saturated rings. The Morgan fingerprint density at radius 2 is 1.11 bits per heavy atom. The highest BCUT2D eigenvalue weighted by Crippen LogP contribution is 2.43. The SMILES string of the molecule is CCCCC/C=C/C/C=C/C/C=C/CCCCC(=O)O[C@H](COC(=O)/C=C/C=C/CCCCCCCCCCCCC)COP(=O)(O)OC[C@@H](O)CO. The van der Waals surface area contributed by atoms with Gasteiger partial charge >= 0.3 is 19.8 Å². The molecular formula is C42H73O10P. The van der Waals surface area contributed by atoms with Crippen LogP contribution in [0.2, 0.25) is 0 Å². The quantitative estimate of drug-likeness (QED) is 0.0139. The zero-order valence-electron chi connectivity index (χ0n) is 33.0. The van der Waals surface area contributed by atoms with Crippen molar-refractivity contribution in [2.45, 2.75) is 167 Å². The molecule has 0 rings (SSSR count). The van der Waals surface area contributed by atoms with E-state index in [9.17, 15) is 24.2 Å². The van der Waals surface area contributed by atoms with Gasteiger partial charge in [0.25, 0.3) is 0 Å². The van der Waals surface area contributed by atoms with Gasteiger partial charge in [-0.25, -0.2) is 9.36 Å². The average Bonchev–Trinajstić information content (AvgIpc) is 3.14. The molecule has 0 saturated carbocycles. The minimum absolute atomic E-state index is 0.114. The molecular weight excluding hydrogens is 695 g/mol. The Balaban J connectivity index is 4.52. The first kappa shape index (κ1) is 50.7. The molecule has 10 nitrogen and oxygen atoms in total. The van der Waals surface area contributed by atoms with Crippen LogP contribution >= 0.6 is 7.82 Å². The monoisotopic (exact) mass is 768 g/mol. The van der Waals surface area contributed by atoms with Crippen LogP contribution in [-0.2, 0) is 32.7 Å². The Hall–Kier alpha value is -2.33. The van der Waals surface area contributed by atoms with E-state index in [-0.39, 0.29) is 6.42 Å². The maximum Gasteiger partial charge on any atom is 0.472 e. The van der Waals surface area contributed by atoms with Crippen molar-refractivity contribution in [2.24, 2.45) is 0 Å². The predicted molar refractivity (Wildman–Crippen MR) is 214 cm³/mol. The molecule has 0 bridgehead atoms. The number of aliphatic hydroxyl groups is 2. The number of hydrogen-bond acceptors (Lipinski definition) is 9. The molecule has 11 heteroatoms. The molecule has 0 aromatic carbocycles. The molecule has 0 saturated heterocycles. The fourth-order valence-corrected chi connectivity index (χ4v) is 5.88. The molecule has 306 valence electrons. The standard InChI is InChI=1S/C42H73O10P/c1-3-5-7-9-11-13-15-17-19-21-23-25-27-29-31-33-41(45)49-37-40(38-51-53(47,48)50-36-39(44)35-43)52-42(46)34-32-30-28-26-24-22-20-18-16-14-12-10-8-6-4-2/h12,14,18,20,24,26-27,29,31,33,39-40,43-44H,3-11,13,15-17,19,21-23,25,28,30,32,34-38H2,1-2H3,(H,47,48)/b14-12+,20-18+,26-24+,29-27+,33-31+/t39-,40+/m0/s1. The van der Waals surface area contributed by atoms with Crippen molar-refractivity contribution in [3.63, 3.8) is 0 Å². The van der Waals surface area contributed by atoms with E-state index in [2.05, 4.69) is 54.8 Å². The van der Waals surface area contributed by atoms with Crippen molar-refractivity contribution >= 4 is 19.8 Å². The van der Waals surface area contributed by atoms with E-state index in [1.807, 2.05) is 6.08 Å². The van der Waals surface area contributed by atoms with Gasteiger partial charge in [-0.15, -0.1) is 0 Å². The molecule has 3 atom stereocenters. The Kier molecular flexibility index (Phi) is 36.3. The molecule has 0 aliphatic carbocycles. The normalized spacial score (nSPS) is 14.6. The topological polar surface area (TPSA) is 149 Å². The number of ether oxygens (including phenoxy) is 2. The van der Waals surface area contributed by atoms with Gasteiger partial charge in [-0.05, 0) is 57.8 Å². The first-order valence-electron chi connectivity index (χ1n) is 20.3. The third-order valence-electron chi connectivity index (χ3n) is 8.25. The number of carbonyl (C=O) groups is 2. The van der Waals surface area contributed by atoms with E-state index in [4.69, 9.17) is 19.1 Å². The molecule has 3 N–H and O–H groups in total. The van der Waals surface area contributed by atoms with Crippen molar-refractivity contribution in [3.8, 4) is 0 Å². The molecule has 53 heavy (non-hydrogen) atoms. The highest BCUT2D eigenvalue weighted by Gasteiger charge is 2.27. The van der Waals surface area contributed by atoms with E-state index in [0.717, 1.165) is 44.9 Å². The van der Waals surface area contributed by atoms with Crippen LogP contribution in [0, 0.1) is 0 Å². The third-order valence-corrected chi connectivity index (χ3v) is 9.20. The maximum absolute atomic E-state index is 12.5. The summed E-state index contributed by atoms with van der Waals surface area (Å²) >= 11 is 0. The lowest BCUT2D eigenvalue weighted by Gasteiger charge is -2.20. The first-order chi connectivity index (χ1) is 25.7. The van der Waals surface area contributed by atoms with E-state index < -0.39 is 58.4 Å². The second kappa shape index (κ2) is 38.0. The number of carbonyl (C=O) groups excluding carboxylic acids is 2. The summed E-state index contributed by atoms with van der Waals surface area (Å²) in [6.07, 6.45) is 41.1. The van der Waals surface area contributed by atoms with Gasteiger partial charge in [0.2, 0.25) is 0 Å². The summed E-state index contributed by atoms with van der Waals surface area (Å²) in [5, 5.41) is 18.3. The Morgan fingerprint density at radius 3 is 1.72 bits per heavy atom. The minimum Gasteiger partial charge on any atom is -0.458 e. The number of hydrogen-bond donors (Lipinski definition) is 3. The number of allylic oxidation sites excluding steroid dienone is 9. The fourth-order valence-electron chi connectivity index (χ4n) is 5.09. The van der Waals surface area contributed by atoms with Crippen LogP contribution in [0.1, 0.15) is 155 Å². The Bertz CT molecular complexity index is 1070. The van der Waals surface area contributed by atoms with E-state index in [1.54, 1.807) is 12.2 Å². The molecule has 1 unspecified atom stereocenters. The molecule has 0 aliphatic heterocycles. The highest BCUT2D eigenvalue weighted by molar-refractivity contribution is 7.47. The zero-order chi connectivity index (χ0) is 39.1.